The van der Waals surface area contributed by atoms with Gasteiger partial charge in [0, 0.05) is 6.07 Å². The Morgan fingerprint density at radius 1 is 1.41 bits per heavy atom. The van der Waals surface area contributed by atoms with E-state index >= 15 is 0 Å². The number of benzene rings is 1. The molecule has 0 saturated carbocycles. The molecule has 0 aromatic heterocycles. The minimum absolute atomic E-state index is 0.193. The maximum Gasteiger partial charge on any atom is 0.411 e. The standard InChI is InChI=1S/C10H10F3NO3/c1-5-3-6(11)7(14-10(15)16-2)4-8(5)17-9(12)13/h3-4,9H,1-2H3,(H,14,15). The van der Waals surface area contributed by atoms with E-state index in [2.05, 4.69) is 9.47 Å². The lowest BCUT2D eigenvalue weighted by Crippen LogP contribution is -2.13. The predicted octanol–water partition coefficient (Wildman–Crippen LogP) is 2.91. The minimum Gasteiger partial charge on any atom is -0.453 e. The Bertz CT molecular complexity index is 424. The smallest absolute Gasteiger partial charge is 0.411 e. The summed E-state index contributed by atoms with van der Waals surface area (Å²) in [5.41, 5.74) is -0.101. The molecule has 4 nitrogen and oxygen atoms in total. The molecule has 0 unspecified atom stereocenters. The summed E-state index contributed by atoms with van der Waals surface area (Å²) in [7, 11) is 1.10. The summed E-state index contributed by atoms with van der Waals surface area (Å²) in [6.45, 7) is -1.62. The van der Waals surface area contributed by atoms with Crippen molar-refractivity contribution in [2.75, 3.05) is 12.4 Å². The van der Waals surface area contributed by atoms with Gasteiger partial charge in [0.25, 0.3) is 0 Å². The number of anilines is 1. The van der Waals surface area contributed by atoms with Crippen molar-refractivity contribution in [1.82, 2.24) is 0 Å². The lowest BCUT2D eigenvalue weighted by atomic mass is 10.2. The summed E-state index contributed by atoms with van der Waals surface area (Å²) in [5.74, 6) is -0.984. The highest BCUT2D eigenvalue weighted by Gasteiger charge is 2.13. The van der Waals surface area contributed by atoms with Gasteiger partial charge in [0.2, 0.25) is 0 Å². The van der Waals surface area contributed by atoms with Gasteiger partial charge in [0.05, 0.1) is 12.8 Å². The molecule has 1 N–H and O–H groups in total. The number of hydrogen-bond donors (Lipinski definition) is 1. The van der Waals surface area contributed by atoms with Crippen molar-refractivity contribution in [3.8, 4) is 5.75 Å². The van der Waals surface area contributed by atoms with Gasteiger partial charge in [-0.15, -0.1) is 0 Å². The van der Waals surface area contributed by atoms with Gasteiger partial charge >= 0.3 is 12.7 Å². The van der Waals surface area contributed by atoms with E-state index in [4.69, 9.17) is 0 Å². The van der Waals surface area contributed by atoms with Crippen LogP contribution in [0, 0.1) is 12.7 Å². The molecule has 0 fully saturated rings. The van der Waals surface area contributed by atoms with Crippen molar-refractivity contribution >= 4 is 11.8 Å². The van der Waals surface area contributed by atoms with Gasteiger partial charge < -0.3 is 9.47 Å². The molecule has 0 aliphatic carbocycles. The Labute approximate surface area is 95.3 Å². The summed E-state index contributed by atoms with van der Waals surface area (Å²) in [6, 6.07) is 1.94. The normalized spacial score (nSPS) is 10.2. The van der Waals surface area contributed by atoms with E-state index in [9.17, 15) is 18.0 Å². The van der Waals surface area contributed by atoms with E-state index in [1.807, 2.05) is 5.32 Å². The maximum absolute atomic E-state index is 13.4. The summed E-state index contributed by atoms with van der Waals surface area (Å²) in [4.78, 5) is 10.9. The molecule has 0 aliphatic rings. The second kappa shape index (κ2) is 5.42. The average Bonchev–Trinajstić information content (AvgIpc) is 2.24. The Balaban J connectivity index is 3.01. The van der Waals surface area contributed by atoms with E-state index in [0.717, 1.165) is 19.2 Å². The molecular formula is C10H10F3NO3. The summed E-state index contributed by atoms with van der Waals surface area (Å²) in [6.07, 6.45) is -0.907. The molecule has 1 amide bonds. The van der Waals surface area contributed by atoms with Gasteiger partial charge in [0.1, 0.15) is 11.6 Å². The minimum atomic E-state index is -3.02. The molecule has 1 aromatic rings. The third kappa shape index (κ3) is 3.54. The number of rotatable bonds is 3. The topological polar surface area (TPSA) is 47.6 Å². The monoisotopic (exact) mass is 249 g/mol. The fourth-order valence-corrected chi connectivity index (χ4v) is 1.13. The Morgan fingerprint density at radius 3 is 2.59 bits per heavy atom. The molecule has 1 aromatic carbocycles. The number of aryl methyl sites for hydroxylation is 1. The lowest BCUT2D eigenvalue weighted by molar-refractivity contribution is -0.0502. The molecule has 0 radical (unpaired) electrons. The number of nitrogens with one attached hydrogen (secondary N) is 1. The van der Waals surface area contributed by atoms with Crippen molar-refractivity contribution in [2.45, 2.75) is 13.5 Å². The summed E-state index contributed by atoms with van der Waals surface area (Å²) in [5, 5.41) is 2.04. The molecule has 17 heavy (non-hydrogen) atoms. The number of alkyl halides is 2. The number of methoxy groups -OCH3 is 1. The van der Waals surface area contributed by atoms with Gasteiger partial charge in [-0.05, 0) is 18.6 Å². The Kier molecular flexibility index (Phi) is 4.19. The Hall–Kier alpha value is -1.92. The second-order valence-corrected chi connectivity index (χ2v) is 3.09. The molecule has 0 saturated heterocycles. The quantitative estimate of drug-likeness (QED) is 0.895. The molecule has 0 aliphatic heterocycles. The van der Waals surface area contributed by atoms with E-state index in [0.29, 0.717) is 0 Å². The van der Waals surface area contributed by atoms with Crippen LogP contribution in [0.1, 0.15) is 5.56 Å². The third-order valence-corrected chi connectivity index (χ3v) is 1.90. The average molecular weight is 249 g/mol. The van der Waals surface area contributed by atoms with Crippen LogP contribution in [0.15, 0.2) is 12.1 Å². The van der Waals surface area contributed by atoms with Crippen LogP contribution in [0.2, 0.25) is 0 Å². The van der Waals surface area contributed by atoms with Crippen LogP contribution in [0.25, 0.3) is 0 Å². The van der Waals surface area contributed by atoms with E-state index in [1.54, 1.807) is 0 Å². The van der Waals surface area contributed by atoms with Crippen LogP contribution in [0.4, 0.5) is 23.7 Å². The van der Waals surface area contributed by atoms with Gasteiger partial charge in [-0.3, -0.25) is 5.32 Å². The van der Waals surface area contributed by atoms with Gasteiger partial charge in [0.15, 0.2) is 0 Å². The zero-order valence-electron chi connectivity index (χ0n) is 9.09. The Morgan fingerprint density at radius 2 is 2.06 bits per heavy atom. The highest BCUT2D eigenvalue weighted by molar-refractivity contribution is 5.85. The van der Waals surface area contributed by atoms with Crippen molar-refractivity contribution in [2.24, 2.45) is 0 Å². The van der Waals surface area contributed by atoms with E-state index in [1.165, 1.54) is 6.92 Å². The number of hydrogen-bond acceptors (Lipinski definition) is 3. The first-order valence-electron chi connectivity index (χ1n) is 4.54. The van der Waals surface area contributed by atoms with Crippen molar-refractivity contribution in [3.05, 3.63) is 23.5 Å². The number of carbonyl (C=O) groups is 1. The van der Waals surface area contributed by atoms with Crippen LogP contribution in [-0.4, -0.2) is 19.8 Å². The molecular weight excluding hydrogens is 239 g/mol. The highest BCUT2D eigenvalue weighted by atomic mass is 19.3. The third-order valence-electron chi connectivity index (χ3n) is 1.90. The molecule has 0 spiro atoms. The fraction of sp³-hybridized carbons (Fsp3) is 0.300. The first kappa shape index (κ1) is 13.1. The zero-order valence-corrected chi connectivity index (χ0v) is 9.09. The SMILES string of the molecule is COC(=O)Nc1cc(OC(F)F)c(C)cc1F. The first-order chi connectivity index (χ1) is 7.93. The van der Waals surface area contributed by atoms with Crippen molar-refractivity contribution < 1.29 is 27.4 Å². The molecule has 0 atom stereocenters. The summed E-state index contributed by atoms with van der Waals surface area (Å²) < 4.78 is 45.8. The molecule has 0 bridgehead atoms. The first-order valence-corrected chi connectivity index (χ1v) is 4.54. The number of halogens is 3. The van der Waals surface area contributed by atoms with Crippen LogP contribution in [0.3, 0.4) is 0 Å². The van der Waals surface area contributed by atoms with Gasteiger partial charge in [-0.2, -0.15) is 8.78 Å². The molecule has 7 heteroatoms. The van der Waals surface area contributed by atoms with Crippen LogP contribution >= 0.6 is 0 Å². The van der Waals surface area contributed by atoms with Crippen LogP contribution < -0.4 is 10.1 Å². The summed E-state index contributed by atoms with van der Waals surface area (Å²) >= 11 is 0. The molecule has 0 heterocycles. The fourth-order valence-electron chi connectivity index (χ4n) is 1.13. The highest BCUT2D eigenvalue weighted by Crippen LogP contribution is 2.27. The van der Waals surface area contributed by atoms with E-state index in [-0.39, 0.29) is 17.0 Å². The zero-order chi connectivity index (χ0) is 13.0. The number of ether oxygens (including phenoxy) is 2. The van der Waals surface area contributed by atoms with Gasteiger partial charge in [-0.25, -0.2) is 9.18 Å². The number of amides is 1. The lowest BCUT2D eigenvalue weighted by Gasteiger charge is -2.11. The second-order valence-electron chi connectivity index (χ2n) is 3.09. The van der Waals surface area contributed by atoms with Crippen molar-refractivity contribution in [1.29, 1.82) is 0 Å². The van der Waals surface area contributed by atoms with Crippen molar-refractivity contribution in [3.63, 3.8) is 0 Å². The molecule has 94 valence electrons. The van der Waals surface area contributed by atoms with Crippen LogP contribution in [-0.2, 0) is 4.74 Å². The van der Waals surface area contributed by atoms with Gasteiger partial charge in [-0.1, -0.05) is 0 Å². The predicted molar refractivity (Wildman–Crippen MR) is 53.8 cm³/mol. The maximum atomic E-state index is 13.4. The van der Waals surface area contributed by atoms with E-state index < -0.39 is 18.5 Å². The number of carbonyl (C=O) groups excluding carboxylic acids is 1. The van der Waals surface area contributed by atoms with Crippen LogP contribution in [0.5, 0.6) is 5.75 Å². The largest absolute Gasteiger partial charge is 0.453 e. The molecule has 1 rings (SSSR count).